The van der Waals surface area contributed by atoms with Gasteiger partial charge in [0.05, 0.1) is 13.2 Å². The van der Waals surface area contributed by atoms with Crippen LogP contribution < -0.4 is 14.8 Å². The lowest BCUT2D eigenvalue weighted by Crippen LogP contribution is -2.08. The van der Waals surface area contributed by atoms with Gasteiger partial charge in [0, 0.05) is 18.2 Å². The van der Waals surface area contributed by atoms with Crippen LogP contribution >= 0.6 is 0 Å². The Morgan fingerprint density at radius 2 is 1.76 bits per heavy atom. The topological polar surface area (TPSA) is 30.5 Å². The molecule has 0 amide bonds. The Labute approximate surface area is 104 Å². The summed E-state index contributed by atoms with van der Waals surface area (Å²) in [7, 11) is 1.94. The molecule has 0 bridgehead atoms. The molecule has 0 aliphatic rings. The molecular weight excluding hydrogens is 214 g/mol. The lowest BCUT2D eigenvalue weighted by Gasteiger charge is -2.13. The largest absolute Gasteiger partial charge is 0.493 e. The molecule has 3 nitrogen and oxygen atoms in total. The van der Waals surface area contributed by atoms with E-state index in [4.69, 9.17) is 9.47 Å². The van der Waals surface area contributed by atoms with Crippen molar-refractivity contribution in [3.63, 3.8) is 0 Å². The quantitative estimate of drug-likeness (QED) is 0.754. The third kappa shape index (κ3) is 4.65. The van der Waals surface area contributed by atoms with Crippen molar-refractivity contribution in [1.82, 2.24) is 5.32 Å². The van der Waals surface area contributed by atoms with Crippen LogP contribution in [0.2, 0.25) is 0 Å². The van der Waals surface area contributed by atoms with Crippen molar-refractivity contribution >= 4 is 0 Å². The molecule has 0 saturated heterocycles. The maximum absolute atomic E-state index is 5.74. The van der Waals surface area contributed by atoms with Crippen LogP contribution in [-0.2, 0) is 6.54 Å². The van der Waals surface area contributed by atoms with E-state index >= 15 is 0 Å². The lowest BCUT2D eigenvalue weighted by molar-refractivity contribution is 0.299. The summed E-state index contributed by atoms with van der Waals surface area (Å²) < 4.78 is 11.3. The maximum atomic E-state index is 5.74. The highest BCUT2D eigenvalue weighted by atomic mass is 16.5. The van der Waals surface area contributed by atoms with Gasteiger partial charge in [-0.3, -0.25) is 0 Å². The molecule has 0 radical (unpaired) electrons. The molecule has 17 heavy (non-hydrogen) atoms. The van der Waals surface area contributed by atoms with E-state index in [0.29, 0.717) is 0 Å². The van der Waals surface area contributed by atoms with Gasteiger partial charge >= 0.3 is 0 Å². The summed E-state index contributed by atoms with van der Waals surface area (Å²) in [5.74, 6) is 1.81. The number of ether oxygens (including phenoxy) is 2. The van der Waals surface area contributed by atoms with Gasteiger partial charge in [0.25, 0.3) is 0 Å². The summed E-state index contributed by atoms with van der Waals surface area (Å²) >= 11 is 0. The standard InChI is InChI=1S/C14H23NO2/c1-4-8-16-13-7-6-12(11-15-3)14(10-13)17-9-5-2/h6-7,10,15H,4-5,8-9,11H2,1-3H3. The zero-order chi connectivity index (χ0) is 12.5. The molecule has 0 atom stereocenters. The summed E-state index contributed by atoms with van der Waals surface area (Å²) in [6.45, 7) is 6.51. The number of hydrogen-bond donors (Lipinski definition) is 1. The fourth-order valence-electron chi connectivity index (χ4n) is 1.53. The third-order valence-corrected chi connectivity index (χ3v) is 2.34. The van der Waals surface area contributed by atoms with Gasteiger partial charge in [0.2, 0.25) is 0 Å². The SMILES string of the molecule is CCCOc1ccc(CNC)c(OCCC)c1. The minimum absolute atomic E-state index is 0.744. The molecule has 3 heteroatoms. The fourth-order valence-corrected chi connectivity index (χ4v) is 1.53. The molecule has 1 N–H and O–H groups in total. The Morgan fingerprint density at radius 3 is 2.41 bits per heavy atom. The van der Waals surface area contributed by atoms with Gasteiger partial charge in [0.15, 0.2) is 0 Å². The normalized spacial score (nSPS) is 10.3. The van der Waals surface area contributed by atoms with Crippen molar-refractivity contribution < 1.29 is 9.47 Å². The van der Waals surface area contributed by atoms with Crippen LogP contribution in [0.15, 0.2) is 18.2 Å². The minimum atomic E-state index is 0.744. The number of benzene rings is 1. The second-order valence-corrected chi connectivity index (χ2v) is 4.00. The van der Waals surface area contributed by atoms with Crippen molar-refractivity contribution in [2.45, 2.75) is 33.2 Å². The number of hydrogen-bond acceptors (Lipinski definition) is 3. The highest BCUT2D eigenvalue weighted by molar-refractivity contribution is 5.40. The fraction of sp³-hybridized carbons (Fsp3) is 0.571. The van der Waals surface area contributed by atoms with Crippen molar-refractivity contribution in [2.75, 3.05) is 20.3 Å². The predicted octanol–water partition coefficient (Wildman–Crippen LogP) is 2.98. The molecule has 0 spiro atoms. The van der Waals surface area contributed by atoms with Gasteiger partial charge in [-0.1, -0.05) is 19.9 Å². The predicted molar refractivity (Wildman–Crippen MR) is 70.8 cm³/mol. The summed E-state index contributed by atoms with van der Waals surface area (Å²) in [6, 6.07) is 6.05. The van der Waals surface area contributed by atoms with Gasteiger partial charge in [-0.2, -0.15) is 0 Å². The van der Waals surface area contributed by atoms with E-state index in [1.807, 2.05) is 19.2 Å². The van der Waals surface area contributed by atoms with Crippen LogP contribution in [0.4, 0.5) is 0 Å². The molecule has 0 heterocycles. The van der Waals surface area contributed by atoms with Crippen LogP contribution in [0.3, 0.4) is 0 Å². The van der Waals surface area contributed by atoms with Crippen molar-refractivity contribution in [2.24, 2.45) is 0 Å². The van der Waals surface area contributed by atoms with Crippen LogP contribution in [0.25, 0.3) is 0 Å². The van der Waals surface area contributed by atoms with Crippen LogP contribution in [0, 0.1) is 0 Å². The van der Waals surface area contributed by atoms with Crippen LogP contribution in [0.5, 0.6) is 11.5 Å². The number of rotatable bonds is 8. The number of nitrogens with one attached hydrogen (secondary N) is 1. The average Bonchev–Trinajstić information content (AvgIpc) is 2.36. The van der Waals surface area contributed by atoms with Crippen molar-refractivity contribution in [3.8, 4) is 11.5 Å². The monoisotopic (exact) mass is 237 g/mol. The van der Waals surface area contributed by atoms with E-state index in [2.05, 4.69) is 25.2 Å². The van der Waals surface area contributed by atoms with Gasteiger partial charge in [0.1, 0.15) is 11.5 Å². The smallest absolute Gasteiger partial charge is 0.127 e. The van der Waals surface area contributed by atoms with E-state index in [9.17, 15) is 0 Å². The van der Waals surface area contributed by atoms with E-state index in [0.717, 1.165) is 44.1 Å². The Bertz CT molecular complexity index is 326. The maximum Gasteiger partial charge on any atom is 0.127 e. The van der Waals surface area contributed by atoms with Gasteiger partial charge in [-0.05, 0) is 26.0 Å². The van der Waals surface area contributed by atoms with Crippen LogP contribution in [0.1, 0.15) is 32.3 Å². The van der Waals surface area contributed by atoms with E-state index in [1.165, 1.54) is 5.56 Å². The second kappa shape index (κ2) is 7.96. The Kier molecular flexibility index (Phi) is 6.48. The first-order valence-corrected chi connectivity index (χ1v) is 6.34. The molecule has 0 unspecified atom stereocenters. The molecule has 96 valence electrons. The molecule has 1 aromatic rings. The Balaban J connectivity index is 2.76. The molecular formula is C14H23NO2. The minimum Gasteiger partial charge on any atom is -0.493 e. The van der Waals surface area contributed by atoms with E-state index < -0.39 is 0 Å². The van der Waals surface area contributed by atoms with Crippen molar-refractivity contribution in [3.05, 3.63) is 23.8 Å². The summed E-state index contributed by atoms with van der Waals surface area (Å²) in [4.78, 5) is 0. The molecule has 0 saturated carbocycles. The highest BCUT2D eigenvalue weighted by Crippen LogP contribution is 2.25. The van der Waals surface area contributed by atoms with Crippen molar-refractivity contribution in [1.29, 1.82) is 0 Å². The summed E-state index contributed by atoms with van der Waals surface area (Å²) in [5, 5.41) is 3.14. The molecule has 0 fully saturated rings. The van der Waals surface area contributed by atoms with E-state index in [-0.39, 0.29) is 0 Å². The van der Waals surface area contributed by atoms with E-state index in [1.54, 1.807) is 0 Å². The lowest BCUT2D eigenvalue weighted by atomic mass is 10.2. The van der Waals surface area contributed by atoms with Gasteiger partial charge in [-0.15, -0.1) is 0 Å². The third-order valence-electron chi connectivity index (χ3n) is 2.34. The second-order valence-electron chi connectivity index (χ2n) is 4.00. The Morgan fingerprint density at radius 1 is 1.06 bits per heavy atom. The first-order valence-electron chi connectivity index (χ1n) is 6.34. The van der Waals surface area contributed by atoms with Gasteiger partial charge < -0.3 is 14.8 Å². The average molecular weight is 237 g/mol. The first-order chi connectivity index (χ1) is 8.31. The van der Waals surface area contributed by atoms with Crippen LogP contribution in [-0.4, -0.2) is 20.3 Å². The summed E-state index contributed by atoms with van der Waals surface area (Å²) in [5.41, 5.74) is 1.17. The molecule has 0 aliphatic heterocycles. The molecule has 1 aromatic carbocycles. The highest BCUT2D eigenvalue weighted by Gasteiger charge is 2.05. The zero-order valence-electron chi connectivity index (χ0n) is 11.1. The van der Waals surface area contributed by atoms with Gasteiger partial charge in [-0.25, -0.2) is 0 Å². The Hall–Kier alpha value is -1.22. The molecule has 1 rings (SSSR count). The molecule has 0 aromatic heterocycles. The molecule has 0 aliphatic carbocycles. The zero-order valence-corrected chi connectivity index (χ0v) is 11.1. The summed E-state index contributed by atoms with van der Waals surface area (Å²) in [6.07, 6.45) is 2.03. The first kappa shape index (κ1) is 13.8.